The Morgan fingerprint density at radius 2 is 1.42 bits per heavy atom. The van der Waals surface area contributed by atoms with Crippen LogP contribution in [0.1, 0.15) is 19.3 Å². The van der Waals surface area contributed by atoms with Crippen molar-refractivity contribution >= 4 is 15.2 Å². The summed E-state index contributed by atoms with van der Waals surface area (Å²) in [7, 11) is -9.37. The summed E-state index contributed by atoms with van der Waals surface area (Å²) in [5.41, 5.74) is 5.25. The molecule has 24 heavy (non-hydrogen) atoms. The Kier molecular flexibility index (Phi) is 35.3. The van der Waals surface area contributed by atoms with Gasteiger partial charge in [0.2, 0.25) is 0 Å². The second-order valence-electron chi connectivity index (χ2n) is 4.38. The maximum atomic E-state index is 11.0. The van der Waals surface area contributed by atoms with Crippen molar-refractivity contribution in [2.75, 3.05) is 32.3 Å². The zero-order chi connectivity index (χ0) is 15.6. The summed E-state index contributed by atoms with van der Waals surface area (Å²) in [4.78, 5) is 42.9. The Labute approximate surface area is 232 Å². The largest absolute Gasteiger partial charge is 1.00 e. The van der Waals surface area contributed by atoms with E-state index in [4.69, 9.17) is 5.73 Å². The molecule has 0 amide bonds. The fraction of sp³-hybridized carbons (Fsp3) is 1.00. The van der Waals surface area contributed by atoms with E-state index >= 15 is 0 Å². The minimum Gasteiger partial charge on any atom is -0.811 e. The molecule has 1 atom stereocenters. The molecule has 0 radical (unpaired) electrons. The zero-order valence-corrected chi connectivity index (χ0v) is 24.9. The van der Waals surface area contributed by atoms with Gasteiger partial charge in [0.1, 0.15) is 0 Å². The van der Waals surface area contributed by atoms with Crippen molar-refractivity contribution < 1.29 is 147 Å². The summed E-state index contributed by atoms with van der Waals surface area (Å²) in [5.74, 6) is -1.25. The van der Waals surface area contributed by atoms with Gasteiger partial charge in [0.05, 0.1) is 0 Å². The molecule has 0 fully saturated rings. The Balaban J connectivity index is -0.000000301. The van der Waals surface area contributed by atoms with E-state index in [1.54, 1.807) is 0 Å². The number of hydrogen-bond donors (Lipinski definition) is 3. The quantitative estimate of drug-likeness (QED) is 0.157. The molecule has 0 heterocycles. The molecule has 9 nitrogen and oxygen atoms in total. The Bertz CT molecular complexity index is 360. The van der Waals surface area contributed by atoms with E-state index in [-0.39, 0.29) is 144 Å². The third-order valence-corrected chi connectivity index (χ3v) is 4.61. The molecule has 0 rings (SSSR count). The first-order valence-corrected chi connectivity index (χ1v) is 9.68. The molecule has 15 heteroatoms. The van der Waals surface area contributed by atoms with Gasteiger partial charge in [-0.05, 0) is 19.0 Å². The van der Waals surface area contributed by atoms with Crippen LogP contribution in [0.3, 0.4) is 0 Å². The number of nitrogens with one attached hydrogen (secondary N) is 2. The standard InChI is InChI=1S/C9H25N3O6P2.4Na/c10-4-5-11-6-7-12-9(20(16,17)18)3-1-2-8-19(13,14)15;;;;/h9,11-12H,1-8,10H2,(H2,13,14,15)(H2,16,17,18);;;;/q;4*+1/p-4. The first kappa shape index (κ1) is 38.7. The van der Waals surface area contributed by atoms with Gasteiger partial charge in [0.25, 0.3) is 0 Å². The summed E-state index contributed by atoms with van der Waals surface area (Å²) in [6, 6.07) is 0. The smallest absolute Gasteiger partial charge is 0.811 e. The van der Waals surface area contributed by atoms with Gasteiger partial charge in [0, 0.05) is 32.0 Å². The molecule has 0 aromatic rings. The third kappa shape index (κ3) is 26.2. The molecule has 1 unspecified atom stereocenters. The van der Waals surface area contributed by atoms with Crippen LogP contribution in [-0.2, 0) is 9.13 Å². The Morgan fingerprint density at radius 1 is 0.875 bits per heavy atom. The van der Waals surface area contributed by atoms with Crippen molar-refractivity contribution in [3.05, 3.63) is 0 Å². The predicted octanol–water partition coefficient (Wildman–Crippen LogP) is -15.5. The van der Waals surface area contributed by atoms with E-state index in [1.165, 1.54) is 0 Å². The van der Waals surface area contributed by atoms with Crippen LogP contribution in [0, 0.1) is 0 Å². The van der Waals surface area contributed by atoms with Crippen LogP contribution in [0.25, 0.3) is 0 Å². The molecule has 0 saturated heterocycles. The topological polar surface area (TPSA) is 176 Å². The van der Waals surface area contributed by atoms with Gasteiger partial charge in [-0.25, -0.2) is 0 Å². The van der Waals surface area contributed by atoms with Crippen molar-refractivity contribution in [1.82, 2.24) is 10.6 Å². The summed E-state index contributed by atoms with van der Waals surface area (Å²) in [6.45, 7) is 1.78. The van der Waals surface area contributed by atoms with Crippen molar-refractivity contribution in [3.63, 3.8) is 0 Å². The normalized spacial score (nSPS) is 12.0. The van der Waals surface area contributed by atoms with Crippen molar-refractivity contribution in [3.8, 4) is 0 Å². The maximum absolute atomic E-state index is 11.0. The number of hydrogen-bond acceptors (Lipinski definition) is 9. The number of unbranched alkanes of at least 4 members (excludes halogenated alkanes) is 1. The first-order valence-electron chi connectivity index (χ1n) is 6.34. The summed E-state index contributed by atoms with van der Waals surface area (Å²) in [5, 5.41) is 5.53. The Morgan fingerprint density at radius 3 is 1.83 bits per heavy atom. The van der Waals surface area contributed by atoms with Crippen molar-refractivity contribution in [1.29, 1.82) is 0 Å². The molecule has 0 aliphatic rings. The summed E-state index contributed by atoms with van der Waals surface area (Å²) in [6.07, 6.45) is -0.314. The van der Waals surface area contributed by atoms with E-state index in [9.17, 15) is 28.7 Å². The van der Waals surface area contributed by atoms with Gasteiger partial charge in [0.15, 0.2) is 0 Å². The Hall–Kier alpha value is 4.18. The molecular formula is C9H21N3Na4O6P2. The van der Waals surface area contributed by atoms with Crippen LogP contribution in [0.5, 0.6) is 0 Å². The molecule has 122 valence electrons. The van der Waals surface area contributed by atoms with Gasteiger partial charge in [-0.1, -0.05) is 21.6 Å². The van der Waals surface area contributed by atoms with E-state index in [1.807, 2.05) is 0 Å². The minimum atomic E-state index is -4.80. The average Bonchev–Trinajstić information content (AvgIpc) is 2.28. The molecular weight excluding hydrogens is 400 g/mol. The van der Waals surface area contributed by atoms with E-state index in [2.05, 4.69) is 10.6 Å². The zero-order valence-electron chi connectivity index (χ0n) is 15.2. The predicted molar refractivity (Wildman–Crippen MR) is 67.6 cm³/mol. The van der Waals surface area contributed by atoms with Gasteiger partial charge in [-0.3, -0.25) is 0 Å². The van der Waals surface area contributed by atoms with Crippen LogP contribution in [0.4, 0.5) is 0 Å². The van der Waals surface area contributed by atoms with E-state index < -0.39 is 27.1 Å². The van der Waals surface area contributed by atoms with Crippen LogP contribution in [0.15, 0.2) is 0 Å². The fourth-order valence-corrected chi connectivity index (χ4v) is 3.03. The van der Waals surface area contributed by atoms with Crippen molar-refractivity contribution in [2.45, 2.75) is 25.0 Å². The molecule has 0 aromatic carbocycles. The van der Waals surface area contributed by atoms with Crippen LogP contribution in [0.2, 0.25) is 0 Å². The molecule has 0 saturated carbocycles. The molecule has 0 aliphatic carbocycles. The minimum absolute atomic E-state index is 0. The van der Waals surface area contributed by atoms with E-state index in [0.29, 0.717) is 19.6 Å². The van der Waals surface area contributed by atoms with E-state index in [0.717, 1.165) is 0 Å². The third-order valence-electron chi connectivity index (χ3n) is 2.54. The maximum Gasteiger partial charge on any atom is 1.00 e. The first-order chi connectivity index (χ1) is 9.17. The van der Waals surface area contributed by atoms with Gasteiger partial charge in [-0.2, -0.15) is 0 Å². The van der Waals surface area contributed by atoms with Crippen LogP contribution < -0.4 is 154 Å². The molecule has 0 bridgehead atoms. The molecule has 0 spiro atoms. The van der Waals surface area contributed by atoms with Crippen molar-refractivity contribution in [2.24, 2.45) is 5.73 Å². The SMILES string of the molecule is NCCNCCNC(CCCCP(=O)([O-])[O-])P(=O)([O-])[O-].[Na+].[Na+].[Na+].[Na+]. The fourth-order valence-electron chi connectivity index (χ4n) is 1.57. The molecule has 4 N–H and O–H groups in total. The van der Waals surface area contributed by atoms with Crippen LogP contribution in [-0.4, -0.2) is 38.1 Å². The average molecular weight is 421 g/mol. The number of rotatable bonds is 12. The van der Waals surface area contributed by atoms with Crippen LogP contribution >= 0.6 is 15.2 Å². The second kappa shape index (κ2) is 21.9. The summed E-state index contributed by atoms with van der Waals surface area (Å²) < 4.78 is 21.4. The van der Waals surface area contributed by atoms with Gasteiger partial charge < -0.3 is 45.1 Å². The summed E-state index contributed by atoms with van der Waals surface area (Å²) >= 11 is 0. The van der Waals surface area contributed by atoms with Gasteiger partial charge in [-0.15, -0.1) is 0 Å². The molecule has 0 aromatic heterocycles. The second-order valence-corrected chi connectivity index (χ2v) is 7.75. The van der Waals surface area contributed by atoms with Gasteiger partial charge >= 0.3 is 118 Å². The molecule has 0 aliphatic heterocycles. The number of nitrogens with two attached hydrogens (primary N) is 1. The monoisotopic (exact) mass is 421 g/mol.